The molecule has 0 saturated heterocycles. The molecule has 96 valence electrons. The largest absolute Gasteiger partial charge is 0.368 e. The molecule has 0 aromatic carbocycles. The van der Waals surface area contributed by atoms with Crippen LogP contribution in [0.3, 0.4) is 0 Å². The van der Waals surface area contributed by atoms with Gasteiger partial charge in [0, 0.05) is 26.8 Å². The third-order valence-electron chi connectivity index (χ3n) is 1.92. The molecule has 6 nitrogen and oxygen atoms in total. The summed E-state index contributed by atoms with van der Waals surface area (Å²) in [6.07, 6.45) is 1.50. The highest BCUT2D eigenvalue weighted by molar-refractivity contribution is 9.10. The van der Waals surface area contributed by atoms with Crippen molar-refractivity contribution >= 4 is 43.4 Å². The molecule has 0 amide bonds. The third kappa shape index (κ3) is 4.38. The van der Waals surface area contributed by atoms with Gasteiger partial charge in [0.05, 0.1) is 10.2 Å². The molecule has 0 spiro atoms. The normalized spacial score (nSPS) is 11.8. The molecule has 0 aliphatic heterocycles. The summed E-state index contributed by atoms with van der Waals surface area (Å²) in [5, 5.41) is 2.98. The van der Waals surface area contributed by atoms with E-state index < -0.39 is 10.0 Å². The number of aromatic nitrogens is 2. The fraction of sp³-hybridized carbons (Fsp3) is 0.500. The van der Waals surface area contributed by atoms with Crippen LogP contribution in [0, 0.1) is 0 Å². The van der Waals surface area contributed by atoms with Crippen LogP contribution in [-0.4, -0.2) is 49.1 Å². The lowest BCUT2D eigenvalue weighted by atomic mass is 10.5. The van der Waals surface area contributed by atoms with E-state index in [2.05, 4.69) is 31.2 Å². The first-order chi connectivity index (χ1) is 7.83. The number of rotatable bonds is 5. The van der Waals surface area contributed by atoms with Gasteiger partial charge < -0.3 is 5.32 Å². The molecule has 17 heavy (non-hydrogen) atoms. The van der Waals surface area contributed by atoms with Crippen molar-refractivity contribution in [3.8, 4) is 0 Å². The van der Waals surface area contributed by atoms with Crippen LogP contribution in [0.25, 0.3) is 0 Å². The van der Waals surface area contributed by atoms with E-state index >= 15 is 0 Å². The van der Waals surface area contributed by atoms with Crippen LogP contribution < -0.4 is 5.32 Å². The van der Waals surface area contributed by atoms with Gasteiger partial charge in [0.1, 0.15) is 5.82 Å². The van der Waals surface area contributed by atoms with E-state index in [4.69, 9.17) is 11.6 Å². The van der Waals surface area contributed by atoms with Gasteiger partial charge >= 0.3 is 0 Å². The lowest BCUT2D eigenvalue weighted by Gasteiger charge is -2.12. The van der Waals surface area contributed by atoms with E-state index in [1.807, 2.05) is 0 Å². The van der Waals surface area contributed by atoms with E-state index in [9.17, 15) is 8.42 Å². The van der Waals surface area contributed by atoms with E-state index in [1.54, 1.807) is 0 Å². The molecule has 0 saturated carbocycles. The number of hydrogen-bond donors (Lipinski definition) is 1. The molecule has 9 heteroatoms. The molecule has 0 unspecified atom stereocenters. The Morgan fingerprint density at radius 3 is 2.76 bits per heavy atom. The number of halogens is 2. The van der Waals surface area contributed by atoms with Gasteiger partial charge in [0.15, 0.2) is 0 Å². The van der Waals surface area contributed by atoms with Crippen molar-refractivity contribution in [3.63, 3.8) is 0 Å². The smallest absolute Gasteiger partial charge is 0.224 e. The van der Waals surface area contributed by atoms with Gasteiger partial charge in [-0.2, -0.15) is 4.98 Å². The highest BCUT2D eigenvalue weighted by Crippen LogP contribution is 2.19. The van der Waals surface area contributed by atoms with Gasteiger partial charge in [0.25, 0.3) is 0 Å². The minimum absolute atomic E-state index is 0.0198. The van der Waals surface area contributed by atoms with Gasteiger partial charge in [-0.15, -0.1) is 0 Å². The van der Waals surface area contributed by atoms with Crippen molar-refractivity contribution in [1.82, 2.24) is 14.3 Å². The minimum atomic E-state index is -3.21. The zero-order valence-electron chi connectivity index (χ0n) is 9.31. The van der Waals surface area contributed by atoms with Gasteiger partial charge in [-0.1, -0.05) is 0 Å². The first-order valence-electron chi connectivity index (χ1n) is 4.65. The van der Waals surface area contributed by atoms with Crippen LogP contribution in [-0.2, 0) is 10.0 Å². The van der Waals surface area contributed by atoms with E-state index in [0.717, 1.165) is 0 Å². The zero-order chi connectivity index (χ0) is 13.1. The Labute approximate surface area is 114 Å². The summed E-state index contributed by atoms with van der Waals surface area (Å²) in [6, 6.07) is 0. The molecular weight excluding hydrogens is 332 g/mol. The fourth-order valence-electron chi connectivity index (χ4n) is 0.951. The third-order valence-corrected chi connectivity index (χ3v) is 4.52. The molecule has 1 aromatic heterocycles. The number of nitrogens with zero attached hydrogens (tertiary/aromatic N) is 3. The molecule has 1 heterocycles. The van der Waals surface area contributed by atoms with Gasteiger partial charge in [-0.3, -0.25) is 0 Å². The average molecular weight is 344 g/mol. The Bertz CT molecular complexity index is 494. The van der Waals surface area contributed by atoms with Crippen molar-refractivity contribution in [2.24, 2.45) is 0 Å². The molecule has 1 rings (SSSR count). The first kappa shape index (κ1) is 14.6. The summed E-state index contributed by atoms with van der Waals surface area (Å²) in [6.45, 7) is 0.243. The Morgan fingerprint density at radius 2 is 2.18 bits per heavy atom. The number of anilines is 1. The molecular formula is C8H12BrClN4O2S. The first-order valence-corrected chi connectivity index (χ1v) is 7.43. The molecule has 0 atom stereocenters. The second-order valence-corrected chi connectivity index (χ2v) is 6.86. The maximum absolute atomic E-state index is 11.5. The lowest BCUT2D eigenvalue weighted by molar-refractivity contribution is 0.521. The molecule has 1 N–H and O–H groups in total. The second-order valence-electron chi connectivity index (χ2n) is 3.36. The second kappa shape index (κ2) is 5.94. The summed E-state index contributed by atoms with van der Waals surface area (Å²) in [4.78, 5) is 7.69. The average Bonchev–Trinajstić information content (AvgIpc) is 2.22. The predicted molar refractivity (Wildman–Crippen MR) is 70.7 cm³/mol. The summed E-state index contributed by atoms with van der Waals surface area (Å²) in [5.74, 6) is 0.451. The highest BCUT2D eigenvalue weighted by Gasteiger charge is 2.13. The van der Waals surface area contributed by atoms with E-state index in [-0.39, 0.29) is 17.6 Å². The van der Waals surface area contributed by atoms with Crippen molar-refractivity contribution in [2.45, 2.75) is 0 Å². The lowest BCUT2D eigenvalue weighted by Crippen LogP contribution is -2.28. The number of sulfonamides is 1. The van der Waals surface area contributed by atoms with Crippen LogP contribution in [0.1, 0.15) is 0 Å². The fourth-order valence-corrected chi connectivity index (χ4v) is 2.14. The van der Waals surface area contributed by atoms with E-state index in [0.29, 0.717) is 10.3 Å². The minimum Gasteiger partial charge on any atom is -0.368 e. The van der Waals surface area contributed by atoms with Crippen LogP contribution in [0.5, 0.6) is 0 Å². The Morgan fingerprint density at radius 1 is 1.53 bits per heavy atom. The predicted octanol–water partition coefficient (Wildman–Crippen LogP) is 1.20. The van der Waals surface area contributed by atoms with Crippen LogP contribution in [0.15, 0.2) is 10.7 Å². The highest BCUT2D eigenvalue weighted by atomic mass is 79.9. The van der Waals surface area contributed by atoms with Crippen molar-refractivity contribution in [2.75, 3.05) is 31.7 Å². The number of nitrogens with one attached hydrogen (secondary N) is 1. The van der Waals surface area contributed by atoms with E-state index in [1.165, 1.54) is 24.6 Å². The molecule has 0 aliphatic rings. The maximum Gasteiger partial charge on any atom is 0.224 e. The van der Waals surface area contributed by atoms with Crippen LogP contribution in [0.2, 0.25) is 5.28 Å². The van der Waals surface area contributed by atoms with Crippen LogP contribution in [0.4, 0.5) is 5.82 Å². The van der Waals surface area contributed by atoms with Crippen molar-refractivity contribution < 1.29 is 8.42 Å². The van der Waals surface area contributed by atoms with Gasteiger partial charge in [-0.25, -0.2) is 17.7 Å². The molecule has 0 aliphatic carbocycles. The quantitative estimate of drug-likeness (QED) is 0.813. The SMILES string of the molecule is CN(C)S(=O)(=O)CCNc1nc(Cl)ncc1Br. The van der Waals surface area contributed by atoms with Crippen molar-refractivity contribution in [3.05, 3.63) is 16.0 Å². The molecule has 0 bridgehead atoms. The Hall–Kier alpha value is -0.440. The summed E-state index contributed by atoms with van der Waals surface area (Å²) in [7, 11) is -0.226. The monoisotopic (exact) mass is 342 g/mol. The Balaban J connectivity index is 2.60. The van der Waals surface area contributed by atoms with Gasteiger partial charge in [-0.05, 0) is 27.5 Å². The molecule has 0 fully saturated rings. The molecule has 1 aromatic rings. The summed E-state index contributed by atoms with van der Waals surface area (Å²) >= 11 is 8.86. The van der Waals surface area contributed by atoms with Crippen molar-refractivity contribution in [1.29, 1.82) is 0 Å². The summed E-state index contributed by atoms with van der Waals surface area (Å²) in [5.41, 5.74) is 0. The zero-order valence-corrected chi connectivity index (χ0v) is 12.5. The summed E-state index contributed by atoms with van der Waals surface area (Å²) < 4.78 is 24.8. The molecule has 0 radical (unpaired) electrons. The van der Waals surface area contributed by atoms with Crippen LogP contribution >= 0.6 is 27.5 Å². The topological polar surface area (TPSA) is 75.2 Å². The maximum atomic E-state index is 11.5. The number of hydrogen-bond acceptors (Lipinski definition) is 5. The standard InChI is InChI=1S/C8H12BrClN4O2S/c1-14(2)17(15,16)4-3-11-7-6(9)5-12-8(10)13-7/h5H,3-4H2,1-2H3,(H,11,12,13). The van der Waals surface area contributed by atoms with Gasteiger partial charge in [0.2, 0.25) is 15.3 Å². The Kier molecular flexibility index (Phi) is 5.11.